The quantitative estimate of drug-likeness (QED) is 0.791. The molecule has 118 valence electrons. The zero-order valence-corrected chi connectivity index (χ0v) is 13.3. The molecule has 1 aliphatic heterocycles. The largest absolute Gasteiger partial charge is 0.359 e. The second kappa shape index (κ2) is 7.56. The molecule has 0 spiro atoms. The number of nitrogens with zero attached hydrogens (tertiary/aromatic N) is 4. The lowest BCUT2D eigenvalue weighted by atomic mass is 10.2. The van der Waals surface area contributed by atoms with Crippen LogP contribution in [-0.4, -0.2) is 72.1 Å². The lowest BCUT2D eigenvalue weighted by Crippen LogP contribution is -2.45. The van der Waals surface area contributed by atoms with E-state index in [0.717, 1.165) is 58.0 Å². The predicted molar refractivity (Wildman–Crippen MR) is 81.1 cm³/mol. The number of hydrogen-bond donors (Lipinski definition) is 0. The summed E-state index contributed by atoms with van der Waals surface area (Å²) in [6.45, 7) is 11.1. The number of likely N-dealkylation sites (N-methyl/N-ethyl adjacent to an activating group) is 1. The van der Waals surface area contributed by atoms with E-state index in [2.05, 4.69) is 21.9 Å². The molecule has 21 heavy (non-hydrogen) atoms. The molecular weight excluding hydrogens is 268 g/mol. The Kier molecular flexibility index (Phi) is 5.76. The van der Waals surface area contributed by atoms with Gasteiger partial charge >= 0.3 is 0 Å². The van der Waals surface area contributed by atoms with Crippen molar-refractivity contribution in [2.45, 2.75) is 26.8 Å². The van der Waals surface area contributed by atoms with Crippen LogP contribution in [0.5, 0.6) is 0 Å². The van der Waals surface area contributed by atoms with Crippen LogP contribution < -0.4 is 0 Å². The first-order valence-electron chi connectivity index (χ1n) is 7.79. The summed E-state index contributed by atoms with van der Waals surface area (Å²) in [7, 11) is 1.80. The Labute approximate surface area is 126 Å². The third-order valence-electron chi connectivity index (χ3n) is 3.98. The SMILES string of the molecule is CCCN(C)C(=O)c1cc(CN2CCN(CC)CC2)on1. The van der Waals surface area contributed by atoms with Gasteiger partial charge in [-0.1, -0.05) is 19.0 Å². The number of rotatable bonds is 6. The molecular formula is C15H26N4O2. The Morgan fingerprint density at radius 1 is 1.29 bits per heavy atom. The third kappa shape index (κ3) is 4.28. The van der Waals surface area contributed by atoms with Gasteiger partial charge in [-0.2, -0.15) is 0 Å². The highest BCUT2D eigenvalue weighted by Crippen LogP contribution is 2.11. The fourth-order valence-corrected chi connectivity index (χ4v) is 2.60. The summed E-state index contributed by atoms with van der Waals surface area (Å²) in [4.78, 5) is 18.6. The van der Waals surface area contributed by atoms with Crippen molar-refractivity contribution >= 4 is 5.91 Å². The van der Waals surface area contributed by atoms with E-state index in [1.807, 2.05) is 6.92 Å². The monoisotopic (exact) mass is 294 g/mol. The normalized spacial score (nSPS) is 17.1. The zero-order valence-electron chi connectivity index (χ0n) is 13.3. The minimum absolute atomic E-state index is 0.0670. The highest BCUT2D eigenvalue weighted by atomic mass is 16.5. The van der Waals surface area contributed by atoms with Crippen molar-refractivity contribution in [1.29, 1.82) is 0 Å². The zero-order chi connectivity index (χ0) is 15.2. The molecule has 0 N–H and O–H groups in total. The van der Waals surface area contributed by atoms with Crippen LogP contribution in [0.25, 0.3) is 0 Å². The van der Waals surface area contributed by atoms with Crippen LogP contribution in [-0.2, 0) is 6.54 Å². The number of amides is 1. The summed E-state index contributed by atoms with van der Waals surface area (Å²) in [5.41, 5.74) is 0.410. The molecule has 1 saturated heterocycles. The van der Waals surface area contributed by atoms with Crippen LogP contribution in [0.1, 0.15) is 36.5 Å². The van der Waals surface area contributed by atoms with Crippen molar-refractivity contribution in [3.8, 4) is 0 Å². The number of aromatic nitrogens is 1. The summed E-state index contributed by atoms with van der Waals surface area (Å²) in [6, 6.07) is 1.78. The fourth-order valence-electron chi connectivity index (χ4n) is 2.60. The lowest BCUT2D eigenvalue weighted by molar-refractivity contribution is 0.0784. The molecule has 0 bridgehead atoms. The number of piperazine rings is 1. The minimum Gasteiger partial charge on any atom is -0.359 e. The van der Waals surface area contributed by atoms with Gasteiger partial charge in [0.05, 0.1) is 6.54 Å². The van der Waals surface area contributed by atoms with Gasteiger partial charge in [0.1, 0.15) is 0 Å². The number of carbonyl (C=O) groups is 1. The molecule has 0 radical (unpaired) electrons. The molecule has 2 rings (SSSR count). The summed E-state index contributed by atoms with van der Waals surface area (Å²) in [5, 5.41) is 3.91. The van der Waals surface area contributed by atoms with E-state index in [1.165, 1.54) is 0 Å². The molecule has 1 amide bonds. The maximum Gasteiger partial charge on any atom is 0.275 e. The first-order chi connectivity index (χ1) is 10.1. The van der Waals surface area contributed by atoms with Crippen molar-refractivity contribution in [2.24, 2.45) is 0 Å². The van der Waals surface area contributed by atoms with Crippen LogP contribution in [0.2, 0.25) is 0 Å². The molecule has 6 nitrogen and oxygen atoms in total. The van der Waals surface area contributed by atoms with Crippen molar-refractivity contribution in [2.75, 3.05) is 46.3 Å². The van der Waals surface area contributed by atoms with Crippen molar-refractivity contribution in [1.82, 2.24) is 19.9 Å². The van der Waals surface area contributed by atoms with E-state index < -0.39 is 0 Å². The molecule has 2 heterocycles. The maximum atomic E-state index is 12.1. The second-order valence-corrected chi connectivity index (χ2v) is 5.62. The molecule has 0 aromatic carbocycles. The molecule has 1 aromatic rings. The Morgan fingerprint density at radius 3 is 2.57 bits per heavy atom. The second-order valence-electron chi connectivity index (χ2n) is 5.62. The fraction of sp³-hybridized carbons (Fsp3) is 0.733. The third-order valence-corrected chi connectivity index (χ3v) is 3.98. The highest BCUT2D eigenvalue weighted by Gasteiger charge is 2.20. The molecule has 0 unspecified atom stereocenters. The van der Waals surface area contributed by atoms with Crippen LogP contribution in [0.4, 0.5) is 0 Å². The van der Waals surface area contributed by atoms with Gasteiger partial charge in [-0.05, 0) is 13.0 Å². The maximum absolute atomic E-state index is 12.1. The average molecular weight is 294 g/mol. The number of hydrogen-bond acceptors (Lipinski definition) is 5. The molecule has 0 aliphatic carbocycles. The van der Waals surface area contributed by atoms with E-state index in [1.54, 1.807) is 18.0 Å². The van der Waals surface area contributed by atoms with Gasteiger partial charge in [0.25, 0.3) is 5.91 Å². The Bertz CT molecular complexity index is 452. The van der Waals surface area contributed by atoms with Crippen molar-refractivity contribution in [3.63, 3.8) is 0 Å². The Balaban J connectivity index is 1.87. The number of carbonyl (C=O) groups excluding carboxylic acids is 1. The van der Waals surface area contributed by atoms with Gasteiger partial charge in [-0.3, -0.25) is 9.69 Å². The first-order valence-corrected chi connectivity index (χ1v) is 7.79. The molecule has 0 atom stereocenters. The molecule has 1 aromatic heterocycles. The smallest absolute Gasteiger partial charge is 0.275 e. The predicted octanol–water partition coefficient (Wildman–Crippen LogP) is 1.29. The minimum atomic E-state index is -0.0670. The summed E-state index contributed by atoms with van der Waals surface area (Å²) >= 11 is 0. The Morgan fingerprint density at radius 2 is 1.95 bits per heavy atom. The van der Waals surface area contributed by atoms with Gasteiger partial charge in [-0.25, -0.2) is 0 Å². The van der Waals surface area contributed by atoms with Gasteiger partial charge < -0.3 is 14.3 Å². The van der Waals surface area contributed by atoms with E-state index in [-0.39, 0.29) is 5.91 Å². The van der Waals surface area contributed by atoms with Gasteiger partial charge in [-0.15, -0.1) is 0 Å². The van der Waals surface area contributed by atoms with Gasteiger partial charge in [0, 0.05) is 45.8 Å². The van der Waals surface area contributed by atoms with Crippen molar-refractivity contribution < 1.29 is 9.32 Å². The lowest BCUT2D eigenvalue weighted by Gasteiger charge is -2.33. The van der Waals surface area contributed by atoms with Crippen LogP contribution in [0.3, 0.4) is 0 Å². The standard InChI is InChI=1S/C15H26N4O2/c1-4-6-17(3)15(20)14-11-13(21-16-14)12-19-9-7-18(5-2)8-10-19/h11H,4-10,12H2,1-3H3. The van der Waals surface area contributed by atoms with Crippen LogP contribution >= 0.6 is 0 Å². The molecule has 6 heteroatoms. The summed E-state index contributed by atoms with van der Waals surface area (Å²) in [5.74, 6) is 0.704. The van der Waals surface area contributed by atoms with E-state index in [4.69, 9.17) is 4.52 Å². The highest BCUT2D eigenvalue weighted by molar-refractivity contribution is 5.92. The van der Waals surface area contributed by atoms with E-state index >= 15 is 0 Å². The van der Waals surface area contributed by atoms with Gasteiger partial charge in [0.15, 0.2) is 11.5 Å². The van der Waals surface area contributed by atoms with Gasteiger partial charge in [0.2, 0.25) is 0 Å². The topological polar surface area (TPSA) is 52.8 Å². The van der Waals surface area contributed by atoms with E-state index in [9.17, 15) is 4.79 Å². The summed E-state index contributed by atoms with van der Waals surface area (Å²) in [6.07, 6.45) is 0.939. The first kappa shape index (κ1) is 16.0. The molecule has 1 fully saturated rings. The summed E-state index contributed by atoms with van der Waals surface area (Å²) < 4.78 is 5.32. The molecule has 1 aliphatic rings. The average Bonchev–Trinajstić information content (AvgIpc) is 2.96. The Hall–Kier alpha value is -1.40. The van der Waals surface area contributed by atoms with Crippen LogP contribution in [0, 0.1) is 0 Å². The molecule has 0 saturated carbocycles. The van der Waals surface area contributed by atoms with Crippen molar-refractivity contribution in [3.05, 3.63) is 17.5 Å². The van der Waals surface area contributed by atoms with Crippen LogP contribution in [0.15, 0.2) is 10.6 Å². The van der Waals surface area contributed by atoms with E-state index in [0.29, 0.717) is 5.69 Å².